The number of rotatable bonds is 5. The number of benzene rings is 1. The van der Waals surface area contributed by atoms with E-state index in [-0.39, 0.29) is 6.61 Å². The Morgan fingerprint density at radius 1 is 1.29 bits per heavy atom. The van der Waals surface area contributed by atoms with Crippen LogP contribution in [0.4, 0.5) is 0 Å². The first kappa shape index (κ1) is 10.8. The summed E-state index contributed by atoms with van der Waals surface area (Å²) < 4.78 is 10.3. The highest BCUT2D eigenvalue weighted by Gasteiger charge is 2.03. The van der Waals surface area contributed by atoms with Gasteiger partial charge in [-0.15, -0.1) is 0 Å². The average Bonchev–Trinajstić information content (AvgIpc) is 2.26. The van der Waals surface area contributed by atoms with Crippen LogP contribution in [0.3, 0.4) is 0 Å². The average molecular weight is 198 g/mol. The molecule has 14 heavy (non-hydrogen) atoms. The first-order valence-corrected chi connectivity index (χ1v) is 4.50. The summed E-state index contributed by atoms with van der Waals surface area (Å²) in [7, 11) is 1.61. The molecule has 4 nitrogen and oxygen atoms in total. The number of aliphatic hydroxyl groups excluding tert-OH is 1. The number of quaternary nitrogens is 1. The summed E-state index contributed by atoms with van der Waals surface area (Å²) in [6, 6.07) is 7.22. The number of hydrogen-bond donors (Lipinski definition) is 2. The summed E-state index contributed by atoms with van der Waals surface area (Å²) >= 11 is 0. The second kappa shape index (κ2) is 5.47. The fraction of sp³-hybridized carbons (Fsp3) is 0.400. The predicted molar refractivity (Wildman–Crippen MR) is 52.3 cm³/mol. The van der Waals surface area contributed by atoms with Crippen LogP contribution in [-0.4, -0.2) is 31.5 Å². The van der Waals surface area contributed by atoms with E-state index in [1.807, 2.05) is 12.1 Å². The molecule has 0 aliphatic heterocycles. The van der Waals surface area contributed by atoms with E-state index in [4.69, 9.17) is 9.47 Å². The zero-order valence-corrected chi connectivity index (χ0v) is 8.27. The third-order valence-electron chi connectivity index (χ3n) is 1.84. The predicted octanol–water partition coefficient (Wildman–Crippen LogP) is -0.323. The van der Waals surface area contributed by atoms with E-state index < -0.39 is 6.10 Å². The zero-order valence-electron chi connectivity index (χ0n) is 8.27. The van der Waals surface area contributed by atoms with E-state index in [1.165, 1.54) is 0 Å². The number of aliphatic hydroxyl groups is 1. The van der Waals surface area contributed by atoms with Crippen molar-refractivity contribution in [2.24, 2.45) is 0 Å². The maximum Gasteiger partial charge on any atom is 0.136 e. The molecule has 0 fully saturated rings. The molecule has 1 rings (SSSR count). The summed E-state index contributed by atoms with van der Waals surface area (Å²) in [6.07, 6.45) is -0.503. The van der Waals surface area contributed by atoms with Gasteiger partial charge in [-0.05, 0) is 24.3 Å². The van der Waals surface area contributed by atoms with Crippen LogP contribution in [0.25, 0.3) is 0 Å². The lowest BCUT2D eigenvalue weighted by atomic mass is 10.3. The summed E-state index contributed by atoms with van der Waals surface area (Å²) in [5.41, 5.74) is 3.58. The molecule has 0 saturated carbocycles. The minimum Gasteiger partial charge on any atom is -0.497 e. The van der Waals surface area contributed by atoms with Gasteiger partial charge in [0.2, 0.25) is 0 Å². The summed E-state index contributed by atoms with van der Waals surface area (Å²) in [6.45, 7) is 0.728. The van der Waals surface area contributed by atoms with Gasteiger partial charge in [0.15, 0.2) is 0 Å². The van der Waals surface area contributed by atoms with E-state index in [0.29, 0.717) is 6.54 Å². The fourth-order valence-corrected chi connectivity index (χ4v) is 0.948. The molecule has 0 aromatic heterocycles. The molecule has 0 amide bonds. The Bertz CT molecular complexity index is 261. The highest BCUT2D eigenvalue weighted by atomic mass is 16.5. The molecule has 0 saturated heterocycles. The van der Waals surface area contributed by atoms with Crippen LogP contribution in [0.5, 0.6) is 11.5 Å². The van der Waals surface area contributed by atoms with Crippen molar-refractivity contribution in [2.75, 3.05) is 20.3 Å². The quantitative estimate of drug-likeness (QED) is 0.681. The van der Waals surface area contributed by atoms with Crippen LogP contribution in [0, 0.1) is 0 Å². The fourth-order valence-electron chi connectivity index (χ4n) is 0.948. The van der Waals surface area contributed by atoms with Gasteiger partial charge in [-0.3, -0.25) is 0 Å². The topological polar surface area (TPSA) is 66.3 Å². The Kier molecular flexibility index (Phi) is 4.22. The SMILES string of the molecule is COc1ccc(OC[C@@H](O)C[NH3+])cc1. The maximum atomic E-state index is 9.21. The van der Waals surface area contributed by atoms with E-state index >= 15 is 0 Å². The molecule has 0 unspecified atom stereocenters. The minimum absolute atomic E-state index is 0.274. The summed E-state index contributed by atoms with van der Waals surface area (Å²) in [4.78, 5) is 0. The first-order chi connectivity index (χ1) is 6.76. The van der Waals surface area contributed by atoms with E-state index in [2.05, 4.69) is 5.73 Å². The van der Waals surface area contributed by atoms with Gasteiger partial charge in [0.25, 0.3) is 0 Å². The Hall–Kier alpha value is -1.26. The largest absolute Gasteiger partial charge is 0.497 e. The van der Waals surface area contributed by atoms with Crippen molar-refractivity contribution in [1.82, 2.24) is 0 Å². The highest BCUT2D eigenvalue weighted by Crippen LogP contribution is 2.16. The monoisotopic (exact) mass is 198 g/mol. The molecule has 0 aliphatic rings. The highest BCUT2D eigenvalue weighted by molar-refractivity contribution is 5.31. The van der Waals surface area contributed by atoms with Crippen molar-refractivity contribution in [1.29, 1.82) is 0 Å². The van der Waals surface area contributed by atoms with Crippen molar-refractivity contribution in [3.8, 4) is 11.5 Å². The van der Waals surface area contributed by atoms with E-state index in [9.17, 15) is 5.11 Å². The van der Waals surface area contributed by atoms with Gasteiger partial charge >= 0.3 is 0 Å². The normalized spacial score (nSPS) is 12.2. The van der Waals surface area contributed by atoms with Crippen LogP contribution >= 0.6 is 0 Å². The smallest absolute Gasteiger partial charge is 0.136 e. The van der Waals surface area contributed by atoms with Gasteiger partial charge in [0.1, 0.15) is 30.8 Å². The molecule has 0 spiro atoms. The van der Waals surface area contributed by atoms with Crippen LogP contribution < -0.4 is 15.2 Å². The molecular formula is C10H16NO3+. The van der Waals surface area contributed by atoms with Crippen LogP contribution in [0.15, 0.2) is 24.3 Å². The van der Waals surface area contributed by atoms with Gasteiger partial charge in [0, 0.05) is 0 Å². The molecule has 1 aromatic rings. The van der Waals surface area contributed by atoms with Crippen molar-refractivity contribution < 1.29 is 20.3 Å². The first-order valence-electron chi connectivity index (χ1n) is 4.50. The van der Waals surface area contributed by atoms with Crippen molar-refractivity contribution in [3.05, 3.63) is 24.3 Å². The molecule has 1 aromatic carbocycles. The second-order valence-corrected chi connectivity index (χ2v) is 2.93. The number of methoxy groups -OCH3 is 1. The summed E-state index contributed by atoms with van der Waals surface area (Å²) in [5, 5.41) is 9.21. The molecule has 1 atom stereocenters. The molecule has 4 N–H and O–H groups in total. The maximum absolute atomic E-state index is 9.21. The van der Waals surface area contributed by atoms with Crippen LogP contribution in [-0.2, 0) is 0 Å². The van der Waals surface area contributed by atoms with Crippen LogP contribution in [0.2, 0.25) is 0 Å². The Balaban J connectivity index is 2.43. The molecule has 0 aliphatic carbocycles. The number of hydrogen-bond acceptors (Lipinski definition) is 3. The zero-order chi connectivity index (χ0) is 10.4. The molecule has 0 bridgehead atoms. The second-order valence-electron chi connectivity index (χ2n) is 2.93. The van der Waals surface area contributed by atoms with Crippen molar-refractivity contribution in [2.45, 2.75) is 6.10 Å². The molecule has 4 heteroatoms. The van der Waals surface area contributed by atoms with Crippen molar-refractivity contribution in [3.63, 3.8) is 0 Å². The third kappa shape index (κ3) is 3.24. The van der Waals surface area contributed by atoms with Gasteiger partial charge in [0.05, 0.1) is 7.11 Å². The third-order valence-corrected chi connectivity index (χ3v) is 1.84. The molecular weight excluding hydrogens is 182 g/mol. The molecule has 0 radical (unpaired) electrons. The molecule has 0 heterocycles. The van der Waals surface area contributed by atoms with Gasteiger partial charge in [-0.2, -0.15) is 0 Å². The Morgan fingerprint density at radius 2 is 1.86 bits per heavy atom. The van der Waals surface area contributed by atoms with Gasteiger partial charge < -0.3 is 20.3 Å². The lowest BCUT2D eigenvalue weighted by molar-refractivity contribution is -0.384. The minimum atomic E-state index is -0.503. The van der Waals surface area contributed by atoms with E-state index in [1.54, 1.807) is 19.2 Å². The lowest BCUT2D eigenvalue weighted by Gasteiger charge is -2.09. The van der Waals surface area contributed by atoms with Gasteiger partial charge in [-0.1, -0.05) is 0 Å². The standard InChI is InChI=1S/C10H15NO3/c1-13-9-2-4-10(5-3-9)14-7-8(12)6-11/h2-5,8,12H,6-7,11H2,1H3/p+1/t8-/m0/s1. The summed E-state index contributed by atoms with van der Waals surface area (Å²) in [5.74, 6) is 1.51. The van der Waals surface area contributed by atoms with Crippen LogP contribution in [0.1, 0.15) is 0 Å². The van der Waals surface area contributed by atoms with Gasteiger partial charge in [-0.25, -0.2) is 0 Å². The van der Waals surface area contributed by atoms with E-state index in [0.717, 1.165) is 11.5 Å². The van der Waals surface area contributed by atoms with Crippen molar-refractivity contribution >= 4 is 0 Å². The lowest BCUT2D eigenvalue weighted by Crippen LogP contribution is -2.56. The Labute approximate surface area is 83.3 Å². The Morgan fingerprint density at radius 3 is 2.36 bits per heavy atom. The number of ether oxygens (including phenoxy) is 2. The molecule has 78 valence electrons.